The lowest BCUT2D eigenvalue weighted by Crippen LogP contribution is -2.11. The average molecular weight is 242 g/mol. The van der Waals surface area contributed by atoms with Gasteiger partial charge in [-0.15, -0.1) is 0 Å². The molecule has 0 aromatic rings. The second kappa shape index (κ2) is 10.2. The summed E-state index contributed by atoms with van der Waals surface area (Å²) in [7, 11) is 0. The zero-order valence-corrected chi connectivity index (χ0v) is 11.7. The van der Waals surface area contributed by atoms with E-state index in [2.05, 4.69) is 13.8 Å². The third kappa shape index (κ3) is 7.03. The monoisotopic (exact) mass is 242 g/mol. The van der Waals surface area contributed by atoms with Gasteiger partial charge in [-0.25, -0.2) is 4.79 Å². The molecule has 100 valence electrons. The summed E-state index contributed by atoms with van der Waals surface area (Å²) < 4.78 is 10.6. The molecule has 3 nitrogen and oxygen atoms in total. The quantitative estimate of drug-likeness (QED) is 0.267. The van der Waals surface area contributed by atoms with E-state index in [1.165, 1.54) is 0 Å². The molecule has 0 heterocycles. The molecule has 0 radical (unpaired) electrons. The van der Waals surface area contributed by atoms with Crippen LogP contribution in [0.2, 0.25) is 0 Å². The van der Waals surface area contributed by atoms with Gasteiger partial charge in [0.1, 0.15) is 5.76 Å². The van der Waals surface area contributed by atoms with Crippen LogP contribution in [0.5, 0.6) is 0 Å². The number of esters is 1. The van der Waals surface area contributed by atoms with Crippen molar-refractivity contribution in [3.8, 4) is 0 Å². The van der Waals surface area contributed by atoms with E-state index >= 15 is 0 Å². The zero-order chi connectivity index (χ0) is 13.1. The molecule has 0 rings (SSSR count). The number of rotatable bonds is 9. The Morgan fingerprint density at radius 3 is 2.18 bits per heavy atom. The fourth-order valence-electron chi connectivity index (χ4n) is 1.45. The van der Waals surface area contributed by atoms with Gasteiger partial charge in [0.15, 0.2) is 0 Å². The molecular weight excluding hydrogens is 216 g/mol. The molecule has 0 unspecified atom stereocenters. The summed E-state index contributed by atoms with van der Waals surface area (Å²) in [5.41, 5.74) is 0.699. The number of hydrogen-bond acceptors (Lipinski definition) is 3. The van der Waals surface area contributed by atoms with Crippen molar-refractivity contribution in [2.45, 2.75) is 59.8 Å². The Balaban J connectivity index is 4.49. The van der Waals surface area contributed by atoms with Gasteiger partial charge >= 0.3 is 5.97 Å². The molecule has 0 bridgehead atoms. The number of carbonyl (C=O) groups excluding carboxylic acids is 1. The zero-order valence-electron chi connectivity index (χ0n) is 11.7. The van der Waals surface area contributed by atoms with Gasteiger partial charge in [-0.05, 0) is 33.1 Å². The molecule has 0 aliphatic heterocycles. The van der Waals surface area contributed by atoms with Crippen molar-refractivity contribution in [1.82, 2.24) is 0 Å². The van der Waals surface area contributed by atoms with Crippen molar-refractivity contribution in [2.24, 2.45) is 0 Å². The first-order chi connectivity index (χ1) is 8.17. The predicted octanol–water partition coefficient (Wildman–Crippen LogP) is 3.83. The fraction of sp³-hybridized carbons (Fsp3) is 0.786. The van der Waals surface area contributed by atoms with E-state index in [1.807, 2.05) is 13.8 Å². The number of allylic oxidation sites excluding steroid dienone is 1. The van der Waals surface area contributed by atoms with Crippen LogP contribution >= 0.6 is 0 Å². The first-order valence-corrected chi connectivity index (χ1v) is 6.66. The molecule has 0 atom stereocenters. The van der Waals surface area contributed by atoms with E-state index in [-0.39, 0.29) is 5.97 Å². The normalized spacial score (nSPS) is 12.0. The molecular formula is C14H26O3. The van der Waals surface area contributed by atoms with Gasteiger partial charge in [-0.1, -0.05) is 26.7 Å². The lowest BCUT2D eigenvalue weighted by atomic mass is 10.1. The van der Waals surface area contributed by atoms with Crippen LogP contribution < -0.4 is 0 Å². The minimum absolute atomic E-state index is 0.227. The molecule has 0 aliphatic carbocycles. The highest BCUT2D eigenvalue weighted by Gasteiger charge is 2.14. The largest absolute Gasteiger partial charge is 0.498 e. The topological polar surface area (TPSA) is 35.5 Å². The van der Waals surface area contributed by atoms with Crippen molar-refractivity contribution in [3.05, 3.63) is 11.3 Å². The maximum absolute atomic E-state index is 11.8. The summed E-state index contributed by atoms with van der Waals surface area (Å²) in [5, 5.41) is 0. The van der Waals surface area contributed by atoms with Crippen LogP contribution in [0.1, 0.15) is 59.8 Å². The molecule has 0 aromatic carbocycles. The summed E-state index contributed by atoms with van der Waals surface area (Å²) in [6.07, 6.45) is 4.90. The van der Waals surface area contributed by atoms with E-state index in [1.54, 1.807) is 0 Å². The molecule has 0 spiro atoms. The van der Waals surface area contributed by atoms with Crippen LogP contribution in [-0.2, 0) is 14.3 Å². The number of carbonyl (C=O) groups is 1. The third-order valence-electron chi connectivity index (χ3n) is 2.54. The lowest BCUT2D eigenvalue weighted by molar-refractivity contribution is -0.139. The minimum Gasteiger partial charge on any atom is -0.498 e. The second-order valence-corrected chi connectivity index (χ2v) is 4.06. The Morgan fingerprint density at radius 1 is 1.00 bits per heavy atom. The Bertz CT molecular complexity index is 244. The number of unbranched alkanes of at least 4 members (excludes halogenated alkanes) is 2. The Kier molecular flexibility index (Phi) is 9.59. The summed E-state index contributed by atoms with van der Waals surface area (Å²) in [4.78, 5) is 11.8. The predicted molar refractivity (Wildman–Crippen MR) is 69.7 cm³/mol. The van der Waals surface area contributed by atoms with Gasteiger partial charge in [-0.3, -0.25) is 0 Å². The Labute approximate surface area is 105 Å². The van der Waals surface area contributed by atoms with Gasteiger partial charge < -0.3 is 9.47 Å². The minimum atomic E-state index is -0.227. The van der Waals surface area contributed by atoms with Gasteiger partial charge in [0.2, 0.25) is 0 Å². The van der Waals surface area contributed by atoms with Gasteiger partial charge in [0.25, 0.3) is 0 Å². The van der Waals surface area contributed by atoms with E-state index in [0.717, 1.165) is 37.9 Å². The third-order valence-corrected chi connectivity index (χ3v) is 2.54. The van der Waals surface area contributed by atoms with E-state index in [4.69, 9.17) is 9.47 Å². The highest BCUT2D eigenvalue weighted by atomic mass is 16.5. The average Bonchev–Trinajstić information content (AvgIpc) is 2.30. The summed E-state index contributed by atoms with van der Waals surface area (Å²) in [6.45, 7) is 9.00. The van der Waals surface area contributed by atoms with Crippen LogP contribution in [-0.4, -0.2) is 19.2 Å². The van der Waals surface area contributed by atoms with Crippen LogP contribution in [0, 0.1) is 0 Å². The van der Waals surface area contributed by atoms with Crippen molar-refractivity contribution in [2.75, 3.05) is 13.2 Å². The van der Waals surface area contributed by atoms with Crippen molar-refractivity contribution >= 4 is 5.97 Å². The molecule has 17 heavy (non-hydrogen) atoms. The Hall–Kier alpha value is -0.990. The Morgan fingerprint density at radius 2 is 1.65 bits per heavy atom. The smallest absolute Gasteiger partial charge is 0.337 e. The molecule has 0 saturated carbocycles. The standard InChI is InChI=1S/C14H26O3/c1-5-8-10-13(14(15)16-7-3)12(4)17-11-9-6-2/h5-11H2,1-4H3. The molecule has 0 saturated heterocycles. The summed E-state index contributed by atoms with van der Waals surface area (Å²) >= 11 is 0. The molecule has 3 heteroatoms. The summed E-state index contributed by atoms with van der Waals surface area (Å²) in [5.74, 6) is 0.500. The van der Waals surface area contributed by atoms with E-state index < -0.39 is 0 Å². The second-order valence-electron chi connectivity index (χ2n) is 4.06. The maximum atomic E-state index is 11.8. The maximum Gasteiger partial charge on any atom is 0.337 e. The first kappa shape index (κ1) is 16.0. The van der Waals surface area contributed by atoms with Crippen LogP contribution in [0.25, 0.3) is 0 Å². The SMILES string of the molecule is CCCCOC(C)=C(CCCC)C(=O)OCC. The number of hydrogen-bond donors (Lipinski definition) is 0. The lowest BCUT2D eigenvalue weighted by Gasteiger charge is -2.12. The summed E-state index contributed by atoms with van der Waals surface area (Å²) in [6, 6.07) is 0. The van der Waals surface area contributed by atoms with Crippen LogP contribution in [0.3, 0.4) is 0 Å². The molecule has 0 fully saturated rings. The van der Waals surface area contributed by atoms with Crippen LogP contribution in [0.4, 0.5) is 0 Å². The van der Waals surface area contributed by atoms with Crippen molar-refractivity contribution in [1.29, 1.82) is 0 Å². The van der Waals surface area contributed by atoms with Crippen molar-refractivity contribution < 1.29 is 14.3 Å². The fourth-order valence-corrected chi connectivity index (χ4v) is 1.45. The van der Waals surface area contributed by atoms with E-state index in [9.17, 15) is 4.79 Å². The van der Waals surface area contributed by atoms with Crippen molar-refractivity contribution in [3.63, 3.8) is 0 Å². The highest BCUT2D eigenvalue weighted by molar-refractivity contribution is 5.88. The molecule has 0 amide bonds. The van der Waals surface area contributed by atoms with Gasteiger partial charge in [0, 0.05) is 0 Å². The highest BCUT2D eigenvalue weighted by Crippen LogP contribution is 2.16. The van der Waals surface area contributed by atoms with Gasteiger partial charge in [0.05, 0.1) is 18.8 Å². The number of ether oxygens (including phenoxy) is 2. The van der Waals surface area contributed by atoms with Gasteiger partial charge in [-0.2, -0.15) is 0 Å². The van der Waals surface area contributed by atoms with E-state index in [0.29, 0.717) is 18.8 Å². The molecule has 0 aromatic heterocycles. The molecule has 0 N–H and O–H groups in total. The molecule has 0 aliphatic rings. The van der Waals surface area contributed by atoms with Crippen LogP contribution in [0.15, 0.2) is 11.3 Å². The first-order valence-electron chi connectivity index (χ1n) is 6.66.